The summed E-state index contributed by atoms with van der Waals surface area (Å²) in [5.41, 5.74) is 2.03. The molecule has 2 rings (SSSR count). The van der Waals surface area contributed by atoms with Crippen molar-refractivity contribution in [1.82, 2.24) is 15.0 Å². The lowest BCUT2D eigenvalue weighted by molar-refractivity contribution is 0.652. The molecule has 0 aliphatic heterocycles. The van der Waals surface area contributed by atoms with E-state index in [2.05, 4.69) is 32.5 Å². The lowest BCUT2D eigenvalue weighted by Crippen LogP contribution is -2.01. The maximum Gasteiger partial charge on any atom is 0.127 e. The number of thioether (sulfide) groups is 1. The molecule has 74 valence electrons. The first-order valence-corrected chi connectivity index (χ1v) is 6.48. The van der Waals surface area contributed by atoms with E-state index >= 15 is 0 Å². The summed E-state index contributed by atoms with van der Waals surface area (Å²) < 4.78 is 2.95. The Morgan fingerprint density at radius 2 is 2.36 bits per heavy atom. The largest absolute Gasteiger partial charge is 0.244 e. The Hall–Kier alpha value is -0.550. The predicted molar refractivity (Wildman–Crippen MR) is 63.6 cm³/mol. The minimum atomic E-state index is 0.911. The van der Waals surface area contributed by atoms with Gasteiger partial charge in [0.1, 0.15) is 5.52 Å². The molecule has 0 fully saturated rings. The smallest absolute Gasteiger partial charge is 0.127 e. The highest BCUT2D eigenvalue weighted by atomic mass is 79.9. The van der Waals surface area contributed by atoms with Gasteiger partial charge >= 0.3 is 0 Å². The zero-order chi connectivity index (χ0) is 9.97. The molecule has 0 spiro atoms. The Morgan fingerprint density at radius 1 is 1.50 bits per heavy atom. The molecule has 0 radical (unpaired) electrons. The Bertz CT molecular complexity index is 441. The number of fused-ring (bicyclic) bond motifs is 1. The number of rotatable bonds is 3. The van der Waals surface area contributed by atoms with Crippen LogP contribution in [0.3, 0.4) is 0 Å². The van der Waals surface area contributed by atoms with Gasteiger partial charge in [-0.3, -0.25) is 0 Å². The molecule has 14 heavy (non-hydrogen) atoms. The summed E-state index contributed by atoms with van der Waals surface area (Å²) in [4.78, 5) is 0. The molecule has 0 saturated heterocycles. The molecular weight excluding hydrogens is 262 g/mol. The second kappa shape index (κ2) is 4.31. The molecule has 3 nitrogen and oxygen atoms in total. The molecule has 0 bridgehead atoms. The number of aryl methyl sites for hydroxylation is 1. The standard InChI is InChI=1S/C9H10BrN3S/c1-14-6-5-13-8-4-2-3-7(10)9(8)11-12-13/h2-4H,5-6H2,1H3. The van der Waals surface area contributed by atoms with Crippen LogP contribution in [0.1, 0.15) is 0 Å². The summed E-state index contributed by atoms with van der Waals surface area (Å²) >= 11 is 5.27. The van der Waals surface area contributed by atoms with E-state index in [0.29, 0.717) is 0 Å². The Morgan fingerprint density at radius 3 is 3.14 bits per heavy atom. The zero-order valence-corrected chi connectivity index (χ0v) is 10.2. The minimum absolute atomic E-state index is 0.911. The van der Waals surface area contributed by atoms with Crippen molar-refractivity contribution in [3.63, 3.8) is 0 Å². The molecule has 1 heterocycles. The Balaban J connectivity index is 2.42. The van der Waals surface area contributed by atoms with Crippen molar-refractivity contribution in [2.45, 2.75) is 6.54 Å². The van der Waals surface area contributed by atoms with Crippen molar-refractivity contribution in [3.05, 3.63) is 22.7 Å². The third kappa shape index (κ3) is 1.79. The number of halogens is 1. The normalized spacial score (nSPS) is 11.0. The lowest BCUT2D eigenvalue weighted by Gasteiger charge is -1.99. The van der Waals surface area contributed by atoms with E-state index in [1.807, 2.05) is 34.6 Å². The third-order valence-corrected chi connectivity index (χ3v) is 3.23. The number of nitrogens with zero attached hydrogens (tertiary/aromatic N) is 3. The van der Waals surface area contributed by atoms with Crippen molar-refractivity contribution in [2.24, 2.45) is 0 Å². The molecule has 0 aliphatic rings. The summed E-state index contributed by atoms with van der Waals surface area (Å²) in [5.74, 6) is 1.06. The predicted octanol–water partition coefficient (Wildman–Crippen LogP) is 2.56. The molecule has 0 unspecified atom stereocenters. The molecule has 0 atom stereocenters. The lowest BCUT2D eigenvalue weighted by atomic mass is 10.3. The first-order valence-electron chi connectivity index (χ1n) is 4.29. The Kier molecular flexibility index (Phi) is 3.08. The van der Waals surface area contributed by atoms with Crippen LogP contribution in [0.25, 0.3) is 11.0 Å². The van der Waals surface area contributed by atoms with Gasteiger partial charge in [-0.15, -0.1) is 5.10 Å². The van der Waals surface area contributed by atoms with E-state index in [4.69, 9.17) is 0 Å². The van der Waals surface area contributed by atoms with Gasteiger partial charge in [0, 0.05) is 10.2 Å². The van der Waals surface area contributed by atoms with Crippen LogP contribution in [-0.2, 0) is 6.54 Å². The minimum Gasteiger partial charge on any atom is -0.244 e. The highest BCUT2D eigenvalue weighted by molar-refractivity contribution is 9.10. The van der Waals surface area contributed by atoms with Gasteiger partial charge in [-0.1, -0.05) is 11.3 Å². The second-order valence-electron chi connectivity index (χ2n) is 2.91. The molecule has 0 N–H and O–H groups in total. The summed E-state index contributed by atoms with van der Waals surface area (Å²) in [6.45, 7) is 0.911. The highest BCUT2D eigenvalue weighted by Crippen LogP contribution is 2.20. The molecule has 2 aromatic rings. The van der Waals surface area contributed by atoms with Crippen LogP contribution in [0.4, 0.5) is 0 Å². The van der Waals surface area contributed by atoms with Crippen molar-refractivity contribution < 1.29 is 0 Å². The molecule has 1 aromatic heterocycles. The summed E-state index contributed by atoms with van der Waals surface area (Å²) in [6, 6.07) is 6.03. The van der Waals surface area contributed by atoms with Gasteiger partial charge in [0.2, 0.25) is 0 Å². The molecule has 0 aliphatic carbocycles. The summed E-state index contributed by atoms with van der Waals surface area (Å²) in [5, 5.41) is 8.24. The van der Waals surface area contributed by atoms with Gasteiger partial charge in [-0.25, -0.2) is 4.68 Å². The number of benzene rings is 1. The van der Waals surface area contributed by atoms with Crippen LogP contribution in [-0.4, -0.2) is 27.0 Å². The van der Waals surface area contributed by atoms with Crippen LogP contribution in [0.15, 0.2) is 22.7 Å². The van der Waals surface area contributed by atoms with E-state index in [9.17, 15) is 0 Å². The second-order valence-corrected chi connectivity index (χ2v) is 4.75. The molecule has 5 heteroatoms. The molecular formula is C9H10BrN3S. The van der Waals surface area contributed by atoms with Gasteiger partial charge in [-0.2, -0.15) is 11.8 Å². The first kappa shape index (κ1) is 9.98. The van der Waals surface area contributed by atoms with Gasteiger partial charge in [0.15, 0.2) is 0 Å². The fourth-order valence-electron chi connectivity index (χ4n) is 1.30. The van der Waals surface area contributed by atoms with Gasteiger partial charge in [0.05, 0.1) is 12.1 Å². The van der Waals surface area contributed by atoms with E-state index in [1.165, 1.54) is 0 Å². The number of hydrogen-bond acceptors (Lipinski definition) is 3. The van der Waals surface area contributed by atoms with E-state index < -0.39 is 0 Å². The average molecular weight is 272 g/mol. The van der Waals surface area contributed by atoms with Gasteiger partial charge in [0.25, 0.3) is 0 Å². The van der Waals surface area contributed by atoms with Gasteiger partial charge < -0.3 is 0 Å². The number of hydrogen-bond donors (Lipinski definition) is 0. The quantitative estimate of drug-likeness (QED) is 0.860. The monoisotopic (exact) mass is 271 g/mol. The zero-order valence-electron chi connectivity index (χ0n) is 7.77. The van der Waals surface area contributed by atoms with Crippen molar-refractivity contribution in [1.29, 1.82) is 0 Å². The summed E-state index contributed by atoms with van der Waals surface area (Å²) in [7, 11) is 0. The maximum atomic E-state index is 4.13. The topological polar surface area (TPSA) is 30.7 Å². The van der Waals surface area contributed by atoms with Crippen LogP contribution in [0.5, 0.6) is 0 Å². The van der Waals surface area contributed by atoms with Crippen LogP contribution < -0.4 is 0 Å². The average Bonchev–Trinajstić information content (AvgIpc) is 2.60. The van der Waals surface area contributed by atoms with Crippen LogP contribution in [0.2, 0.25) is 0 Å². The van der Waals surface area contributed by atoms with Crippen LogP contribution in [0, 0.1) is 0 Å². The third-order valence-electron chi connectivity index (χ3n) is 2.00. The Labute approximate surface area is 95.0 Å². The van der Waals surface area contributed by atoms with Crippen LogP contribution >= 0.6 is 27.7 Å². The van der Waals surface area contributed by atoms with Crippen molar-refractivity contribution >= 4 is 38.7 Å². The van der Waals surface area contributed by atoms with E-state index in [0.717, 1.165) is 27.8 Å². The van der Waals surface area contributed by atoms with Gasteiger partial charge in [-0.05, 0) is 34.3 Å². The fraction of sp³-hybridized carbons (Fsp3) is 0.333. The molecule has 0 saturated carbocycles. The van der Waals surface area contributed by atoms with Crippen molar-refractivity contribution in [2.75, 3.05) is 12.0 Å². The fourth-order valence-corrected chi connectivity index (χ4v) is 2.09. The number of aromatic nitrogens is 3. The SMILES string of the molecule is CSCCn1nnc2c(Br)cccc21. The highest BCUT2D eigenvalue weighted by Gasteiger charge is 2.05. The molecule has 1 aromatic carbocycles. The molecule has 0 amide bonds. The van der Waals surface area contributed by atoms with Crippen molar-refractivity contribution in [3.8, 4) is 0 Å². The summed E-state index contributed by atoms with van der Waals surface area (Å²) in [6.07, 6.45) is 2.09. The van der Waals surface area contributed by atoms with E-state index in [1.54, 1.807) is 0 Å². The maximum absolute atomic E-state index is 4.13. The first-order chi connectivity index (χ1) is 6.83. The van der Waals surface area contributed by atoms with E-state index in [-0.39, 0.29) is 0 Å².